The monoisotopic (exact) mass is 321 g/mol. The summed E-state index contributed by atoms with van der Waals surface area (Å²) in [5.41, 5.74) is 2.54. The first-order valence-corrected chi connectivity index (χ1v) is 8.78. The Hall–Kier alpha value is -0.970. The van der Waals surface area contributed by atoms with Gasteiger partial charge in [0, 0.05) is 23.1 Å². The number of fused-ring (bicyclic) bond motifs is 1. The van der Waals surface area contributed by atoms with Crippen molar-refractivity contribution in [2.45, 2.75) is 37.2 Å². The van der Waals surface area contributed by atoms with Crippen molar-refractivity contribution in [3.63, 3.8) is 0 Å². The number of nitrogens with one attached hydrogen (secondary N) is 1. The van der Waals surface area contributed by atoms with E-state index in [-0.39, 0.29) is 6.04 Å². The number of hydrogen-bond donors (Lipinski definition) is 1. The van der Waals surface area contributed by atoms with Crippen LogP contribution in [0.15, 0.2) is 35.4 Å². The van der Waals surface area contributed by atoms with Gasteiger partial charge in [-0.05, 0) is 25.1 Å². The van der Waals surface area contributed by atoms with Crippen molar-refractivity contribution in [3.8, 4) is 0 Å². The molecule has 21 heavy (non-hydrogen) atoms. The van der Waals surface area contributed by atoms with Crippen LogP contribution >= 0.6 is 23.4 Å². The van der Waals surface area contributed by atoms with Crippen LogP contribution in [-0.2, 0) is 6.54 Å². The van der Waals surface area contributed by atoms with Crippen LogP contribution < -0.4 is 5.32 Å². The van der Waals surface area contributed by atoms with Crippen LogP contribution in [0.2, 0.25) is 5.02 Å². The fraction of sp³-hybridized carbons (Fsp3) is 0.438. The van der Waals surface area contributed by atoms with E-state index >= 15 is 0 Å². The fourth-order valence-corrected chi connectivity index (χ4v) is 4.60. The highest BCUT2D eigenvalue weighted by Crippen LogP contribution is 2.46. The largest absolute Gasteiger partial charge is 0.308 e. The van der Waals surface area contributed by atoms with Crippen LogP contribution in [0.25, 0.3) is 0 Å². The third-order valence-corrected chi connectivity index (χ3v) is 5.49. The molecule has 3 rings (SSSR count). The molecule has 1 aliphatic rings. The fourth-order valence-electron chi connectivity index (χ4n) is 3.05. The predicted octanol–water partition coefficient (Wildman–Crippen LogP) is 4.10. The smallest absolute Gasteiger partial charge is 0.0834 e. The van der Waals surface area contributed by atoms with E-state index in [1.54, 1.807) is 6.20 Å². The van der Waals surface area contributed by atoms with Gasteiger partial charge in [-0.3, -0.25) is 4.68 Å². The first kappa shape index (κ1) is 14.9. The Balaban J connectivity index is 2.01. The van der Waals surface area contributed by atoms with Gasteiger partial charge in [-0.25, -0.2) is 0 Å². The zero-order valence-electron chi connectivity index (χ0n) is 12.3. The minimum Gasteiger partial charge on any atom is -0.308 e. The molecule has 2 unspecified atom stereocenters. The molecule has 5 heteroatoms. The summed E-state index contributed by atoms with van der Waals surface area (Å²) >= 11 is 8.36. The average molecular weight is 322 g/mol. The third-order valence-electron chi connectivity index (χ3n) is 3.99. The van der Waals surface area contributed by atoms with Crippen molar-refractivity contribution in [1.82, 2.24) is 15.1 Å². The molecule has 2 heterocycles. The molecule has 0 fully saturated rings. The van der Waals surface area contributed by atoms with Crippen molar-refractivity contribution in [1.29, 1.82) is 0 Å². The number of likely N-dealkylation sites (N-methyl/N-ethyl adjacent to an activating group) is 1. The third kappa shape index (κ3) is 2.72. The summed E-state index contributed by atoms with van der Waals surface area (Å²) < 4.78 is 2.02. The van der Waals surface area contributed by atoms with Gasteiger partial charge < -0.3 is 5.32 Å². The summed E-state index contributed by atoms with van der Waals surface area (Å²) in [5.74, 6) is 1.52. The lowest BCUT2D eigenvalue weighted by atomic mass is 9.91. The number of hydrogen-bond acceptors (Lipinski definition) is 3. The van der Waals surface area contributed by atoms with Crippen molar-refractivity contribution in [3.05, 3.63) is 46.7 Å². The van der Waals surface area contributed by atoms with Crippen molar-refractivity contribution in [2.75, 3.05) is 12.3 Å². The Morgan fingerprint density at radius 2 is 2.24 bits per heavy atom. The molecule has 2 aromatic rings. The van der Waals surface area contributed by atoms with E-state index in [9.17, 15) is 0 Å². The average Bonchev–Trinajstić information content (AvgIpc) is 3.09. The van der Waals surface area contributed by atoms with E-state index in [0.717, 1.165) is 29.6 Å². The number of aromatic nitrogens is 2. The van der Waals surface area contributed by atoms with Crippen LogP contribution in [0.4, 0.5) is 0 Å². The van der Waals surface area contributed by atoms with E-state index in [2.05, 4.69) is 48.5 Å². The first-order chi connectivity index (χ1) is 10.3. The highest BCUT2D eigenvalue weighted by molar-refractivity contribution is 7.99. The van der Waals surface area contributed by atoms with E-state index in [4.69, 9.17) is 11.6 Å². The predicted molar refractivity (Wildman–Crippen MR) is 89.2 cm³/mol. The maximum absolute atomic E-state index is 6.43. The van der Waals surface area contributed by atoms with Crippen molar-refractivity contribution < 1.29 is 0 Å². The number of rotatable bonds is 5. The lowest BCUT2D eigenvalue weighted by molar-refractivity contribution is 0.443. The molecule has 1 aromatic heterocycles. The Kier molecular flexibility index (Phi) is 4.57. The van der Waals surface area contributed by atoms with Crippen LogP contribution in [0, 0.1) is 0 Å². The molecule has 1 N–H and O–H groups in total. The lowest BCUT2D eigenvalue weighted by Crippen LogP contribution is -2.29. The second-order valence-electron chi connectivity index (χ2n) is 5.18. The molecule has 0 bridgehead atoms. The molecule has 0 aliphatic carbocycles. The summed E-state index contributed by atoms with van der Waals surface area (Å²) in [6, 6.07) is 8.90. The number of aryl methyl sites for hydroxylation is 1. The minimum atomic E-state index is 0.209. The Morgan fingerprint density at radius 3 is 3.00 bits per heavy atom. The molecule has 112 valence electrons. The summed E-state index contributed by atoms with van der Waals surface area (Å²) in [4.78, 5) is 1.39. The van der Waals surface area contributed by atoms with E-state index < -0.39 is 0 Å². The summed E-state index contributed by atoms with van der Waals surface area (Å²) in [6.07, 6.45) is 1.76. The van der Waals surface area contributed by atoms with E-state index in [1.165, 1.54) is 10.5 Å². The van der Waals surface area contributed by atoms with Crippen LogP contribution in [0.5, 0.6) is 0 Å². The van der Waals surface area contributed by atoms with Gasteiger partial charge in [-0.15, -0.1) is 11.8 Å². The topological polar surface area (TPSA) is 29.9 Å². The Labute approximate surface area is 135 Å². The maximum Gasteiger partial charge on any atom is 0.0834 e. The lowest BCUT2D eigenvalue weighted by Gasteiger charge is -2.26. The standard InChI is InChI=1S/C16H20ClN3S/c1-3-18-15(16-13(17)9-19-20(16)4-2)12-10-21-14-8-6-5-7-11(12)14/h5-9,12,15,18H,3-4,10H2,1-2H3. The molecule has 0 saturated heterocycles. The summed E-state index contributed by atoms with van der Waals surface area (Å²) in [6.45, 7) is 6.00. The van der Waals surface area contributed by atoms with Crippen molar-refractivity contribution >= 4 is 23.4 Å². The normalized spacial score (nSPS) is 18.7. The second-order valence-corrected chi connectivity index (χ2v) is 6.65. The zero-order chi connectivity index (χ0) is 14.8. The molecule has 0 radical (unpaired) electrons. The van der Waals surface area contributed by atoms with E-state index in [0.29, 0.717) is 5.92 Å². The van der Waals surface area contributed by atoms with Gasteiger partial charge in [0.2, 0.25) is 0 Å². The number of benzene rings is 1. The highest BCUT2D eigenvalue weighted by Gasteiger charge is 2.33. The van der Waals surface area contributed by atoms with Gasteiger partial charge in [0.05, 0.1) is 23.0 Å². The molecular formula is C16H20ClN3S. The SMILES string of the molecule is CCNC(c1c(Cl)cnn1CC)C1CSc2ccccc21. The highest BCUT2D eigenvalue weighted by atomic mass is 35.5. The Bertz CT molecular complexity index is 626. The second kappa shape index (κ2) is 6.42. The quantitative estimate of drug-likeness (QED) is 0.899. The van der Waals surface area contributed by atoms with Crippen molar-refractivity contribution in [2.24, 2.45) is 0 Å². The van der Waals surface area contributed by atoms with Gasteiger partial charge in [0.1, 0.15) is 0 Å². The summed E-state index contributed by atoms with van der Waals surface area (Å²) in [7, 11) is 0. The first-order valence-electron chi connectivity index (χ1n) is 7.42. The molecule has 0 spiro atoms. The van der Waals surface area contributed by atoms with Gasteiger partial charge in [0.25, 0.3) is 0 Å². The number of nitrogens with zero attached hydrogens (tertiary/aromatic N) is 2. The maximum atomic E-state index is 6.43. The molecule has 0 amide bonds. The Morgan fingerprint density at radius 1 is 1.43 bits per heavy atom. The molecular weight excluding hydrogens is 302 g/mol. The molecule has 1 aliphatic heterocycles. The van der Waals surface area contributed by atoms with Gasteiger partial charge in [0.15, 0.2) is 0 Å². The number of thioether (sulfide) groups is 1. The van der Waals surface area contributed by atoms with Crippen LogP contribution in [0.3, 0.4) is 0 Å². The van der Waals surface area contributed by atoms with Gasteiger partial charge in [-0.1, -0.05) is 36.7 Å². The van der Waals surface area contributed by atoms with Crippen LogP contribution in [-0.4, -0.2) is 22.1 Å². The molecule has 2 atom stereocenters. The molecule has 1 aromatic carbocycles. The summed E-state index contributed by atoms with van der Waals surface area (Å²) in [5, 5.41) is 8.79. The molecule has 3 nitrogen and oxygen atoms in total. The van der Waals surface area contributed by atoms with Gasteiger partial charge >= 0.3 is 0 Å². The number of halogens is 1. The zero-order valence-corrected chi connectivity index (χ0v) is 13.9. The minimum absolute atomic E-state index is 0.209. The van der Waals surface area contributed by atoms with E-state index in [1.807, 2.05) is 16.4 Å². The van der Waals surface area contributed by atoms with Gasteiger partial charge in [-0.2, -0.15) is 5.10 Å². The molecule has 0 saturated carbocycles. The van der Waals surface area contributed by atoms with Crippen LogP contribution in [0.1, 0.15) is 37.1 Å².